The third-order valence-electron chi connectivity index (χ3n) is 5.89. The van der Waals surface area contributed by atoms with Crippen LogP contribution in [0.25, 0.3) is 0 Å². The standard InChI is InChI=1S/C32H44N2O6/c1-31(2,3)39-29(37)33(21-25-11-15-27(23-35)16-12-25)19-9-7-8-10-20-34(30(38)40-32(4,5)6)22-26-13-17-28(24-36)18-14-26/h11-18,23-24H,7-10,19-22H2,1-6H3. The minimum Gasteiger partial charge on any atom is -0.444 e. The number of benzene rings is 2. The van der Waals surface area contributed by atoms with Crippen LogP contribution in [0.2, 0.25) is 0 Å². The predicted octanol–water partition coefficient (Wildman–Crippen LogP) is 7.05. The Morgan fingerprint density at radius 2 is 0.925 bits per heavy atom. The van der Waals surface area contributed by atoms with Crippen LogP contribution in [0, 0.1) is 0 Å². The highest BCUT2D eigenvalue weighted by atomic mass is 16.6. The van der Waals surface area contributed by atoms with Gasteiger partial charge in [-0.25, -0.2) is 9.59 Å². The maximum Gasteiger partial charge on any atom is 0.410 e. The molecule has 218 valence electrons. The molecular formula is C32H44N2O6. The van der Waals surface area contributed by atoms with Crippen molar-refractivity contribution in [2.24, 2.45) is 0 Å². The molecule has 2 amide bonds. The molecule has 0 heterocycles. The zero-order valence-electron chi connectivity index (χ0n) is 24.8. The SMILES string of the molecule is CC(C)(C)OC(=O)N(CCCCCCN(Cc1ccc(C=O)cc1)C(=O)OC(C)(C)C)Cc1ccc(C=O)cc1. The molecule has 0 fully saturated rings. The molecule has 0 aliphatic rings. The minimum atomic E-state index is -0.602. The molecule has 0 saturated carbocycles. The molecule has 0 aromatic heterocycles. The lowest BCUT2D eigenvalue weighted by Gasteiger charge is -2.28. The fraction of sp³-hybridized carbons (Fsp3) is 0.500. The van der Waals surface area contributed by atoms with E-state index in [4.69, 9.17) is 9.47 Å². The predicted molar refractivity (Wildman–Crippen MR) is 155 cm³/mol. The Labute approximate surface area is 238 Å². The van der Waals surface area contributed by atoms with Crippen molar-refractivity contribution in [3.63, 3.8) is 0 Å². The normalized spacial score (nSPS) is 11.4. The van der Waals surface area contributed by atoms with Gasteiger partial charge >= 0.3 is 12.2 Å². The van der Waals surface area contributed by atoms with Gasteiger partial charge in [0.2, 0.25) is 0 Å². The van der Waals surface area contributed by atoms with E-state index in [2.05, 4.69) is 0 Å². The average Bonchev–Trinajstić information content (AvgIpc) is 2.88. The first-order valence-corrected chi connectivity index (χ1v) is 13.8. The van der Waals surface area contributed by atoms with Gasteiger partial charge in [0.1, 0.15) is 23.8 Å². The highest BCUT2D eigenvalue weighted by molar-refractivity contribution is 5.75. The first-order chi connectivity index (χ1) is 18.8. The molecule has 2 aromatic rings. The van der Waals surface area contributed by atoms with E-state index in [-0.39, 0.29) is 12.2 Å². The molecule has 0 radical (unpaired) electrons. The van der Waals surface area contributed by atoms with E-state index in [0.717, 1.165) is 49.4 Å². The van der Waals surface area contributed by atoms with Gasteiger partial charge in [0.05, 0.1) is 0 Å². The first kappa shape index (κ1) is 32.5. The summed E-state index contributed by atoms with van der Waals surface area (Å²) in [5.41, 5.74) is 1.82. The van der Waals surface area contributed by atoms with Crippen LogP contribution in [0.3, 0.4) is 0 Å². The Bertz CT molecular complexity index is 1010. The van der Waals surface area contributed by atoms with Crippen molar-refractivity contribution in [2.75, 3.05) is 13.1 Å². The Kier molecular flexibility index (Phi) is 12.4. The summed E-state index contributed by atoms with van der Waals surface area (Å²) < 4.78 is 11.2. The second kappa shape index (κ2) is 15.2. The summed E-state index contributed by atoms with van der Waals surface area (Å²) in [6.45, 7) is 12.9. The molecule has 8 nitrogen and oxygen atoms in total. The van der Waals surface area contributed by atoms with Gasteiger partial charge in [-0.15, -0.1) is 0 Å². The molecule has 0 N–H and O–H groups in total. The van der Waals surface area contributed by atoms with E-state index < -0.39 is 11.2 Å². The number of amides is 2. The van der Waals surface area contributed by atoms with Crippen molar-refractivity contribution in [3.05, 3.63) is 70.8 Å². The van der Waals surface area contributed by atoms with Gasteiger partial charge in [0, 0.05) is 37.3 Å². The second-order valence-electron chi connectivity index (χ2n) is 11.9. The second-order valence-corrected chi connectivity index (χ2v) is 11.9. The summed E-state index contributed by atoms with van der Waals surface area (Å²) in [4.78, 5) is 51.0. The summed E-state index contributed by atoms with van der Waals surface area (Å²) in [6.07, 6.45) is 4.16. The van der Waals surface area contributed by atoms with Crippen LogP contribution in [-0.2, 0) is 22.6 Å². The number of carbonyl (C=O) groups is 4. The van der Waals surface area contributed by atoms with E-state index in [1.54, 1.807) is 34.1 Å². The molecule has 0 aliphatic heterocycles. The van der Waals surface area contributed by atoms with Gasteiger partial charge in [-0.3, -0.25) is 9.59 Å². The van der Waals surface area contributed by atoms with Crippen molar-refractivity contribution in [1.29, 1.82) is 0 Å². The van der Waals surface area contributed by atoms with Crippen LogP contribution in [0.15, 0.2) is 48.5 Å². The Morgan fingerprint density at radius 1 is 0.600 bits per heavy atom. The number of rotatable bonds is 13. The molecular weight excluding hydrogens is 508 g/mol. The zero-order chi connectivity index (χ0) is 29.8. The van der Waals surface area contributed by atoms with E-state index in [1.165, 1.54) is 0 Å². The molecule has 8 heteroatoms. The molecule has 0 spiro atoms. The molecule has 0 aliphatic carbocycles. The highest BCUT2D eigenvalue weighted by Crippen LogP contribution is 2.17. The van der Waals surface area contributed by atoms with Crippen LogP contribution < -0.4 is 0 Å². The lowest BCUT2D eigenvalue weighted by Crippen LogP contribution is -2.37. The number of aldehydes is 2. The number of ether oxygens (including phenoxy) is 2. The molecule has 2 rings (SSSR count). The molecule has 0 unspecified atom stereocenters. The lowest BCUT2D eigenvalue weighted by molar-refractivity contribution is 0.0213. The Morgan fingerprint density at radius 3 is 1.20 bits per heavy atom. The number of carbonyl (C=O) groups excluding carboxylic acids is 4. The van der Waals surface area contributed by atoms with Crippen LogP contribution in [0.5, 0.6) is 0 Å². The third kappa shape index (κ3) is 12.5. The van der Waals surface area contributed by atoms with Crippen LogP contribution in [0.4, 0.5) is 9.59 Å². The minimum absolute atomic E-state index is 0.372. The number of unbranched alkanes of at least 4 members (excludes halogenated alkanes) is 3. The molecule has 0 atom stereocenters. The van der Waals surface area contributed by atoms with Gasteiger partial charge in [0.15, 0.2) is 0 Å². The van der Waals surface area contributed by atoms with Gasteiger partial charge in [0.25, 0.3) is 0 Å². The number of hydrogen-bond donors (Lipinski definition) is 0. The topological polar surface area (TPSA) is 93.2 Å². The fourth-order valence-corrected chi connectivity index (χ4v) is 3.93. The lowest BCUT2D eigenvalue weighted by atomic mass is 10.1. The van der Waals surface area contributed by atoms with Gasteiger partial charge < -0.3 is 19.3 Å². The first-order valence-electron chi connectivity index (χ1n) is 13.8. The quantitative estimate of drug-likeness (QED) is 0.195. The molecule has 2 aromatic carbocycles. The van der Waals surface area contributed by atoms with Crippen LogP contribution in [-0.4, -0.2) is 58.9 Å². The summed E-state index contributed by atoms with van der Waals surface area (Å²) in [7, 11) is 0. The zero-order valence-corrected chi connectivity index (χ0v) is 24.8. The van der Waals surface area contributed by atoms with Crippen molar-refractivity contribution in [2.45, 2.75) is 91.5 Å². The summed E-state index contributed by atoms with van der Waals surface area (Å²) in [5.74, 6) is 0. The van der Waals surface area contributed by atoms with E-state index in [1.807, 2.05) is 65.8 Å². The van der Waals surface area contributed by atoms with Gasteiger partial charge in [-0.2, -0.15) is 0 Å². The fourth-order valence-electron chi connectivity index (χ4n) is 3.93. The summed E-state index contributed by atoms with van der Waals surface area (Å²) in [6, 6.07) is 14.3. The largest absolute Gasteiger partial charge is 0.444 e. The molecule has 0 bridgehead atoms. The number of hydrogen-bond acceptors (Lipinski definition) is 6. The maximum absolute atomic E-state index is 12.9. The van der Waals surface area contributed by atoms with E-state index >= 15 is 0 Å². The maximum atomic E-state index is 12.9. The third-order valence-corrected chi connectivity index (χ3v) is 5.89. The van der Waals surface area contributed by atoms with Crippen LogP contribution >= 0.6 is 0 Å². The monoisotopic (exact) mass is 552 g/mol. The van der Waals surface area contributed by atoms with E-state index in [9.17, 15) is 19.2 Å². The van der Waals surface area contributed by atoms with Crippen molar-refractivity contribution in [1.82, 2.24) is 9.80 Å². The molecule has 0 saturated heterocycles. The van der Waals surface area contributed by atoms with Gasteiger partial charge in [-0.05, 0) is 65.5 Å². The van der Waals surface area contributed by atoms with Crippen molar-refractivity contribution in [3.8, 4) is 0 Å². The Balaban J connectivity index is 1.93. The van der Waals surface area contributed by atoms with E-state index in [0.29, 0.717) is 37.3 Å². The smallest absolute Gasteiger partial charge is 0.410 e. The summed E-state index contributed by atoms with van der Waals surface area (Å²) in [5, 5.41) is 0. The Hall–Kier alpha value is -3.68. The highest BCUT2D eigenvalue weighted by Gasteiger charge is 2.23. The number of nitrogens with zero attached hydrogens (tertiary/aromatic N) is 2. The van der Waals surface area contributed by atoms with Crippen LogP contribution in [0.1, 0.15) is 99.1 Å². The van der Waals surface area contributed by atoms with Gasteiger partial charge in [-0.1, -0.05) is 61.4 Å². The average molecular weight is 553 g/mol. The van der Waals surface area contributed by atoms with Crippen molar-refractivity contribution >= 4 is 24.8 Å². The van der Waals surface area contributed by atoms with Crippen molar-refractivity contribution < 1.29 is 28.7 Å². The summed E-state index contributed by atoms with van der Waals surface area (Å²) >= 11 is 0. The molecule has 40 heavy (non-hydrogen) atoms.